The summed E-state index contributed by atoms with van der Waals surface area (Å²) in [5.41, 5.74) is 4.60. The SMILES string of the molecule is CCC(=O)c1c(-c2ccc(F)cc2)oc2cc(N(CC)CC)c(-c3cccc(C(=O)N[C@H]4C5CCC(C5)[C@H]4C(=O)O)c3)cc12. The normalized spacial score (nSPS) is 20.6. The highest BCUT2D eigenvalue weighted by Crippen LogP contribution is 2.49. The highest BCUT2D eigenvalue weighted by Gasteiger charge is 2.51. The molecule has 0 saturated heterocycles. The third kappa shape index (κ3) is 5.16. The largest absolute Gasteiger partial charge is 0.481 e. The molecule has 1 aromatic heterocycles. The Balaban J connectivity index is 1.45. The number of nitrogens with one attached hydrogen (secondary N) is 1. The lowest BCUT2D eigenvalue weighted by molar-refractivity contribution is -0.144. The lowest BCUT2D eigenvalue weighted by Crippen LogP contribution is -2.46. The zero-order valence-electron chi connectivity index (χ0n) is 25.2. The second-order valence-corrected chi connectivity index (χ2v) is 11.9. The van der Waals surface area contributed by atoms with Gasteiger partial charge >= 0.3 is 5.97 Å². The third-order valence-corrected chi connectivity index (χ3v) is 9.55. The smallest absolute Gasteiger partial charge is 0.308 e. The van der Waals surface area contributed by atoms with E-state index in [0.717, 1.165) is 49.2 Å². The number of carbonyl (C=O) groups is 3. The minimum absolute atomic E-state index is 0.0865. The third-order valence-electron chi connectivity index (χ3n) is 9.55. The molecule has 2 unspecified atom stereocenters. The molecule has 0 radical (unpaired) electrons. The summed E-state index contributed by atoms with van der Waals surface area (Å²) >= 11 is 0. The first kappa shape index (κ1) is 29.6. The lowest BCUT2D eigenvalue weighted by Gasteiger charge is -2.29. The van der Waals surface area contributed by atoms with Gasteiger partial charge in [-0.3, -0.25) is 14.4 Å². The number of anilines is 1. The highest BCUT2D eigenvalue weighted by atomic mass is 19.1. The van der Waals surface area contributed by atoms with Crippen molar-refractivity contribution in [2.75, 3.05) is 18.0 Å². The van der Waals surface area contributed by atoms with Crippen LogP contribution in [0.3, 0.4) is 0 Å². The number of hydrogen-bond acceptors (Lipinski definition) is 5. The van der Waals surface area contributed by atoms with Crippen LogP contribution < -0.4 is 10.2 Å². The van der Waals surface area contributed by atoms with Gasteiger partial charge in [-0.15, -0.1) is 0 Å². The topological polar surface area (TPSA) is 99.9 Å². The van der Waals surface area contributed by atoms with E-state index in [1.165, 1.54) is 12.1 Å². The number of benzene rings is 3. The molecule has 4 atom stereocenters. The Bertz CT molecular complexity index is 1740. The van der Waals surface area contributed by atoms with Gasteiger partial charge in [0.2, 0.25) is 0 Å². The molecular weight excluding hydrogens is 559 g/mol. The number of carboxylic acids is 1. The van der Waals surface area contributed by atoms with Crippen molar-refractivity contribution in [3.8, 4) is 22.5 Å². The molecular formula is C36H37FN2O5. The van der Waals surface area contributed by atoms with Crippen LogP contribution in [0.1, 0.15) is 67.2 Å². The average molecular weight is 597 g/mol. The molecule has 1 heterocycles. The zero-order chi connectivity index (χ0) is 31.1. The van der Waals surface area contributed by atoms with Crippen LogP contribution >= 0.6 is 0 Å². The van der Waals surface area contributed by atoms with Crippen LogP contribution in [0.25, 0.3) is 33.4 Å². The summed E-state index contributed by atoms with van der Waals surface area (Å²) < 4.78 is 20.1. The number of aliphatic carboxylic acids is 1. The molecule has 3 aromatic carbocycles. The number of amides is 1. The second kappa shape index (κ2) is 11.9. The van der Waals surface area contributed by atoms with E-state index in [-0.39, 0.29) is 41.8 Å². The summed E-state index contributed by atoms with van der Waals surface area (Å²) in [5, 5.41) is 13.6. The molecule has 2 N–H and O–H groups in total. The summed E-state index contributed by atoms with van der Waals surface area (Å²) in [5.74, 6) is -1.43. The molecule has 7 nitrogen and oxygen atoms in total. The van der Waals surface area contributed by atoms with Gasteiger partial charge in [0, 0.05) is 59.4 Å². The van der Waals surface area contributed by atoms with E-state index in [9.17, 15) is 23.9 Å². The standard InChI is InChI=1S/C36H37FN2O5/c1-4-29(40)32-27-18-26(28(39(5-2)6-3)19-30(27)44-34(32)20-12-14-25(37)15-13-20)21-8-7-9-24(16-21)35(41)38-33-23-11-10-22(17-23)31(33)36(42)43/h7-9,12-16,18-19,22-23,31,33H,4-6,10-11,17H2,1-3H3,(H,38,41)(H,42,43)/t22?,23?,31-,33+/m1/s1. The van der Waals surface area contributed by atoms with Gasteiger partial charge in [-0.25, -0.2) is 4.39 Å². The molecule has 2 bridgehead atoms. The maximum Gasteiger partial charge on any atom is 0.308 e. The summed E-state index contributed by atoms with van der Waals surface area (Å²) in [6, 6.07) is 16.8. The molecule has 0 spiro atoms. The maximum absolute atomic E-state index is 13.7. The van der Waals surface area contributed by atoms with Gasteiger partial charge in [0.05, 0.1) is 11.5 Å². The van der Waals surface area contributed by atoms with Gasteiger partial charge in [0.25, 0.3) is 5.91 Å². The summed E-state index contributed by atoms with van der Waals surface area (Å²) in [7, 11) is 0. The molecule has 2 aliphatic carbocycles. The molecule has 44 heavy (non-hydrogen) atoms. The number of hydrogen-bond donors (Lipinski definition) is 2. The molecule has 2 aliphatic rings. The Morgan fingerprint density at radius 2 is 1.68 bits per heavy atom. The van der Waals surface area contributed by atoms with Crippen LogP contribution in [-0.4, -0.2) is 41.9 Å². The van der Waals surface area contributed by atoms with E-state index in [0.29, 0.717) is 33.4 Å². The Kier molecular flexibility index (Phi) is 8.01. The predicted octanol–water partition coefficient (Wildman–Crippen LogP) is 7.57. The van der Waals surface area contributed by atoms with Gasteiger partial charge in [0.1, 0.15) is 17.2 Å². The van der Waals surface area contributed by atoms with Crippen molar-refractivity contribution in [3.63, 3.8) is 0 Å². The van der Waals surface area contributed by atoms with E-state index < -0.39 is 11.9 Å². The first-order chi connectivity index (χ1) is 21.2. The number of carbonyl (C=O) groups excluding carboxylic acids is 2. The van der Waals surface area contributed by atoms with Crippen LogP contribution in [0.5, 0.6) is 0 Å². The first-order valence-electron chi connectivity index (χ1n) is 15.5. The minimum atomic E-state index is -0.842. The number of Topliss-reactive ketones (excluding diaryl/α,β-unsaturated/α-hetero) is 1. The molecule has 4 aromatic rings. The van der Waals surface area contributed by atoms with Gasteiger partial charge in [0.15, 0.2) is 5.78 Å². The van der Waals surface area contributed by atoms with Crippen molar-refractivity contribution in [2.45, 2.75) is 52.5 Å². The number of ketones is 1. The van der Waals surface area contributed by atoms with Crippen LogP contribution in [0.4, 0.5) is 10.1 Å². The minimum Gasteiger partial charge on any atom is -0.481 e. The van der Waals surface area contributed by atoms with E-state index in [2.05, 4.69) is 24.1 Å². The van der Waals surface area contributed by atoms with Gasteiger partial charge in [-0.05, 0) is 93.0 Å². The first-order valence-corrected chi connectivity index (χ1v) is 15.5. The highest BCUT2D eigenvalue weighted by molar-refractivity contribution is 6.13. The van der Waals surface area contributed by atoms with Crippen LogP contribution in [-0.2, 0) is 4.79 Å². The lowest BCUT2D eigenvalue weighted by atomic mass is 9.84. The summed E-state index contributed by atoms with van der Waals surface area (Å²) in [6.45, 7) is 7.37. The average Bonchev–Trinajstić information content (AvgIpc) is 3.75. The molecule has 1 amide bonds. The molecule has 6 rings (SSSR count). The van der Waals surface area contributed by atoms with Crippen LogP contribution in [0.2, 0.25) is 0 Å². The Morgan fingerprint density at radius 1 is 0.955 bits per heavy atom. The fourth-order valence-electron chi connectivity index (χ4n) is 7.36. The molecule has 2 saturated carbocycles. The fourth-order valence-corrected chi connectivity index (χ4v) is 7.36. The molecule has 0 aliphatic heterocycles. The van der Waals surface area contributed by atoms with Gasteiger partial charge < -0.3 is 19.7 Å². The van der Waals surface area contributed by atoms with Gasteiger partial charge in [-0.1, -0.05) is 19.1 Å². The number of halogens is 1. The Labute approximate surface area is 256 Å². The van der Waals surface area contributed by atoms with Crippen molar-refractivity contribution in [3.05, 3.63) is 77.6 Å². The number of furan rings is 1. The Hall–Kier alpha value is -4.46. The molecule has 8 heteroatoms. The molecule has 2 fully saturated rings. The number of nitrogens with zero attached hydrogens (tertiary/aromatic N) is 1. The van der Waals surface area contributed by atoms with E-state index in [1.54, 1.807) is 25.1 Å². The van der Waals surface area contributed by atoms with Crippen molar-refractivity contribution in [1.29, 1.82) is 0 Å². The van der Waals surface area contributed by atoms with Crippen LogP contribution in [0, 0.1) is 23.6 Å². The zero-order valence-corrected chi connectivity index (χ0v) is 25.2. The van der Waals surface area contributed by atoms with Crippen molar-refractivity contribution in [1.82, 2.24) is 5.32 Å². The van der Waals surface area contributed by atoms with E-state index >= 15 is 0 Å². The number of fused-ring (bicyclic) bond motifs is 3. The summed E-state index contributed by atoms with van der Waals surface area (Å²) in [4.78, 5) is 41.1. The maximum atomic E-state index is 13.7. The van der Waals surface area contributed by atoms with Crippen LogP contribution in [0.15, 0.2) is 65.1 Å². The van der Waals surface area contributed by atoms with Crippen molar-refractivity contribution in [2.24, 2.45) is 17.8 Å². The number of carboxylic acid groups (broad SMARTS) is 1. The Morgan fingerprint density at radius 3 is 2.36 bits per heavy atom. The van der Waals surface area contributed by atoms with Crippen molar-refractivity contribution < 1.29 is 28.3 Å². The van der Waals surface area contributed by atoms with Crippen molar-refractivity contribution >= 4 is 34.3 Å². The monoisotopic (exact) mass is 596 g/mol. The summed E-state index contributed by atoms with van der Waals surface area (Å²) in [6.07, 6.45) is 2.96. The quantitative estimate of drug-likeness (QED) is 0.183. The van der Waals surface area contributed by atoms with E-state index in [1.807, 2.05) is 30.3 Å². The second-order valence-electron chi connectivity index (χ2n) is 11.9. The fraction of sp³-hybridized carbons (Fsp3) is 0.361. The number of rotatable bonds is 10. The predicted molar refractivity (Wildman–Crippen MR) is 168 cm³/mol. The van der Waals surface area contributed by atoms with Gasteiger partial charge in [-0.2, -0.15) is 0 Å². The molecule has 228 valence electrons. The van der Waals surface area contributed by atoms with E-state index in [4.69, 9.17) is 4.42 Å².